The predicted molar refractivity (Wildman–Crippen MR) is 122 cm³/mol. The van der Waals surface area contributed by atoms with E-state index in [-0.39, 0.29) is 0 Å². The molecule has 0 heterocycles. The number of hydrogen-bond acceptors (Lipinski definition) is 1. The Labute approximate surface area is 172 Å². The van der Waals surface area contributed by atoms with Gasteiger partial charge in [-0.2, -0.15) is 0 Å². The average Bonchev–Trinajstić information content (AvgIpc) is 2.63. The second-order valence-corrected chi connectivity index (χ2v) is 9.47. The molecule has 0 amide bonds. The highest BCUT2D eigenvalue weighted by Gasteiger charge is 2.12. The maximum Gasteiger partial charge on any atom is 0.102 e. The van der Waals surface area contributed by atoms with Gasteiger partial charge in [-0.3, -0.25) is 0 Å². The van der Waals surface area contributed by atoms with Crippen LogP contribution in [0.15, 0.2) is 0 Å². The standard InChI is InChI=1S/C25H54NO/c1-4-5-6-7-8-9-10-11-12-13-14-15-16-17-18-19-20-21-22-23-26(2,3)24-25-27/h27H,4-25H2,1-3H3/q+1. The smallest absolute Gasteiger partial charge is 0.102 e. The molecule has 0 rings (SSSR count). The van der Waals surface area contributed by atoms with Gasteiger partial charge in [0.15, 0.2) is 0 Å². The van der Waals surface area contributed by atoms with E-state index in [4.69, 9.17) is 5.11 Å². The Balaban J connectivity index is 3.09. The van der Waals surface area contributed by atoms with E-state index in [0.29, 0.717) is 6.61 Å². The summed E-state index contributed by atoms with van der Waals surface area (Å²) in [6, 6.07) is 0. The summed E-state index contributed by atoms with van der Waals surface area (Å²) in [5.74, 6) is 0. The summed E-state index contributed by atoms with van der Waals surface area (Å²) >= 11 is 0. The summed E-state index contributed by atoms with van der Waals surface area (Å²) in [5, 5.41) is 9.04. The quantitative estimate of drug-likeness (QED) is 0.151. The van der Waals surface area contributed by atoms with Gasteiger partial charge in [-0.1, -0.05) is 116 Å². The largest absolute Gasteiger partial charge is 0.391 e. The summed E-state index contributed by atoms with van der Waals surface area (Å²) < 4.78 is 0.968. The molecule has 0 bridgehead atoms. The lowest BCUT2D eigenvalue weighted by Gasteiger charge is -2.28. The molecule has 164 valence electrons. The van der Waals surface area contributed by atoms with Gasteiger partial charge >= 0.3 is 0 Å². The average molecular weight is 385 g/mol. The normalized spacial score (nSPS) is 12.0. The Morgan fingerprint density at radius 1 is 0.444 bits per heavy atom. The molecule has 27 heavy (non-hydrogen) atoms. The van der Waals surface area contributed by atoms with Crippen LogP contribution in [0, 0.1) is 0 Å². The third kappa shape index (κ3) is 22.1. The molecule has 0 aromatic rings. The van der Waals surface area contributed by atoms with Crippen molar-refractivity contribution in [3.63, 3.8) is 0 Å². The first kappa shape index (κ1) is 26.9. The van der Waals surface area contributed by atoms with E-state index in [0.717, 1.165) is 11.0 Å². The zero-order chi connectivity index (χ0) is 20.1. The maximum absolute atomic E-state index is 9.04. The van der Waals surface area contributed by atoms with Crippen LogP contribution in [0.1, 0.15) is 129 Å². The van der Waals surface area contributed by atoms with Crippen molar-refractivity contribution in [2.24, 2.45) is 0 Å². The minimum atomic E-state index is 0.312. The Bertz CT molecular complexity index is 277. The Kier molecular flexibility index (Phi) is 20.6. The molecule has 0 fully saturated rings. The van der Waals surface area contributed by atoms with Crippen molar-refractivity contribution >= 4 is 0 Å². The molecule has 0 aliphatic carbocycles. The van der Waals surface area contributed by atoms with Crippen molar-refractivity contribution in [2.75, 3.05) is 33.8 Å². The van der Waals surface area contributed by atoms with E-state index >= 15 is 0 Å². The second kappa shape index (κ2) is 20.6. The molecule has 0 radical (unpaired) electrons. The molecule has 2 nitrogen and oxygen atoms in total. The summed E-state index contributed by atoms with van der Waals surface area (Å²) in [7, 11) is 4.45. The fourth-order valence-electron chi connectivity index (χ4n) is 4.00. The van der Waals surface area contributed by atoms with E-state index < -0.39 is 0 Å². The molecule has 0 aromatic carbocycles. The first-order valence-electron chi connectivity index (χ1n) is 12.6. The van der Waals surface area contributed by atoms with Crippen LogP contribution >= 0.6 is 0 Å². The number of unbranched alkanes of at least 4 members (excludes halogenated alkanes) is 18. The summed E-state index contributed by atoms with van der Waals surface area (Å²) in [5.41, 5.74) is 0. The zero-order valence-electron chi connectivity index (χ0n) is 19.5. The first-order valence-corrected chi connectivity index (χ1v) is 12.6. The van der Waals surface area contributed by atoms with Crippen LogP contribution in [0.4, 0.5) is 0 Å². The summed E-state index contributed by atoms with van der Waals surface area (Å²) in [6.45, 7) is 4.70. The van der Waals surface area contributed by atoms with Crippen molar-refractivity contribution in [1.82, 2.24) is 0 Å². The molecule has 1 N–H and O–H groups in total. The van der Waals surface area contributed by atoms with E-state index in [2.05, 4.69) is 21.0 Å². The molecule has 2 heteroatoms. The lowest BCUT2D eigenvalue weighted by Crippen LogP contribution is -2.42. The van der Waals surface area contributed by atoms with Gasteiger partial charge in [0.25, 0.3) is 0 Å². The maximum atomic E-state index is 9.04. The zero-order valence-corrected chi connectivity index (χ0v) is 19.5. The molecule has 0 saturated heterocycles. The minimum absolute atomic E-state index is 0.312. The lowest BCUT2D eigenvalue weighted by atomic mass is 10.0. The van der Waals surface area contributed by atoms with Crippen molar-refractivity contribution in [3.05, 3.63) is 0 Å². The molecule has 0 atom stereocenters. The highest BCUT2D eigenvalue weighted by Crippen LogP contribution is 2.14. The van der Waals surface area contributed by atoms with E-state index in [1.165, 1.54) is 129 Å². The van der Waals surface area contributed by atoms with Gasteiger partial charge in [0.1, 0.15) is 6.54 Å². The van der Waals surface area contributed by atoms with Crippen LogP contribution in [-0.4, -0.2) is 43.4 Å². The van der Waals surface area contributed by atoms with Gasteiger partial charge in [-0.15, -0.1) is 0 Å². The number of quaternary nitrogens is 1. The molecule has 0 spiro atoms. The Morgan fingerprint density at radius 3 is 1.04 bits per heavy atom. The van der Waals surface area contributed by atoms with Gasteiger partial charge in [0, 0.05) is 0 Å². The lowest BCUT2D eigenvalue weighted by molar-refractivity contribution is -0.890. The number of nitrogens with zero attached hydrogens (tertiary/aromatic N) is 1. The van der Waals surface area contributed by atoms with E-state index in [9.17, 15) is 0 Å². The van der Waals surface area contributed by atoms with Crippen molar-refractivity contribution in [1.29, 1.82) is 0 Å². The number of aliphatic hydroxyl groups excluding tert-OH is 1. The highest BCUT2D eigenvalue weighted by atomic mass is 16.3. The van der Waals surface area contributed by atoms with Gasteiger partial charge in [0.2, 0.25) is 0 Å². The SMILES string of the molecule is CCCCCCCCCCCCCCCCCCCCC[N+](C)(C)CCO. The topological polar surface area (TPSA) is 20.2 Å². The minimum Gasteiger partial charge on any atom is -0.391 e. The predicted octanol–water partition coefficient (Wildman–Crippen LogP) is 7.49. The van der Waals surface area contributed by atoms with Crippen LogP contribution in [0.5, 0.6) is 0 Å². The summed E-state index contributed by atoms with van der Waals surface area (Å²) in [4.78, 5) is 0. The second-order valence-electron chi connectivity index (χ2n) is 9.47. The third-order valence-electron chi connectivity index (χ3n) is 6.07. The van der Waals surface area contributed by atoms with Crippen LogP contribution in [0.2, 0.25) is 0 Å². The van der Waals surface area contributed by atoms with Gasteiger partial charge in [-0.05, 0) is 12.8 Å². The highest BCUT2D eigenvalue weighted by molar-refractivity contribution is 4.50. The molecule has 0 aliphatic heterocycles. The van der Waals surface area contributed by atoms with Crippen LogP contribution < -0.4 is 0 Å². The number of rotatable bonds is 22. The van der Waals surface area contributed by atoms with Crippen LogP contribution in [0.3, 0.4) is 0 Å². The first-order chi connectivity index (χ1) is 13.1. The van der Waals surface area contributed by atoms with E-state index in [1.54, 1.807) is 0 Å². The Hall–Kier alpha value is -0.0800. The fraction of sp³-hybridized carbons (Fsp3) is 1.00. The van der Waals surface area contributed by atoms with E-state index in [1.807, 2.05) is 0 Å². The number of hydrogen-bond donors (Lipinski definition) is 1. The molecular formula is C25H54NO+. The summed E-state index contributed by atoms with van der Waals surface area (Å²) in [6.07, 6.45) is 27.3. The number of likely N-dealkylation sites (N-methyl/N-ethyl adjacent to an activating group) is 1. The van der Waals surface area contributed by atoms with Crippen LogP contribution in [-0.2, 0) is 0 Å². The number of aliphatic hydroxyl groups is 1. The third-order valence-corrected chi connectivity index (χ3v) is 6.07. The molecule has 0 unspecified atom stereocenters. The molecule has 0 aromatic heterocycles. The monoisotopic (exact) mass is 384 g/mol. The molecule has 0 aliphatic rings. The van der Waals surface area contributed by atoms with Gasteiger partial charge in [-0.25, -0.2) is 0 Å². The van der Waals surface area contributed by atoms with Crippen LogP contribution in [0.25, 0.3) is 0 Å². The molecular weight excluding hydrogens is 330 g/mol. The Morgan fingerprint density at radius 2 is 0.741 bits per heavy atom. The van der Waals surface area contributed by atoms with Crippen molar-refractivity contribution < 1.29 is 9.59 Å². The van der Waals surface area contributed by atoms with Crippen molar-refractivity contribution in [2.45, 2.75) is 129 Å². The molecule has 0 saturated carbocycles. The fourth-order valence-corrected chi connectivity index (χ4v) is 4.00. The van der Waals surface area contributed by atoms with Gasteiger partial charge in [0.05, 0.1) is 27.2 Å². The van der Waals surface area contributed by atoms with Crippen molar-refractivity contribution in [3.8, 4) is 0 Å². The van der Waals surface area contributed by atoms with Gasteiger partial charge < -0.3 is 9.59 Å².